The van der Waals surface area contributed by atoms with Gasteiger partial charge in [-0.1, -0.05) is 6.07 Å². The van der Waals surface area contributed by atoms with Crippen molar-refractivity contribution in [3.63, 3.8) is 0 Å². The number of aromatic nitrogens is 2. The Hall–Kier alpha value is -1.94. The first-order chi connectivity index (χ1) is 8.81. The summed E-state index contributed by atoms with van der Waals surface area (Å²) < 4.78 is 0. The molecule has 2 aromatic heterocycles. The van der Waals surface area contributed by atoms with Crippen LogP contribution in [0.2, 0.25) is 0 Å². The molecule has 90 valence electrons. The van der Waals surface area contributed by atoms with Crippen LogP contribution in [0, 0.1) is 6.92 Å². The molecule has 2 heterocycles. The van der Waals surface area contributed by atoms with Crippen LogP contribution in [-0.4, -0.2) is 9.97 Å². The molecule has 0 bridgehead atoms. The van der Waals surface area contributed by atoms with E-state index in [0.29, 0.717) is 0 Å². The minimum absolute atomic E-state index is 0.760. The lowest BCUT2D eigenvalue weighted by molar-refractivity contribution is 1.06. The summed E-state index contributed by atoms with van der Waals surface area (Å²) in [4.78, 5) is 8.74. The fourth-order valence-electron chi connectivity index (χ4n) is 1.87. The number of hydrogen-bond donors (Lipinski definition) is 1. The highest BCUT2D eigenvalue weighted by atomic mass is 32.1. The minimum Gasteiger partial charge on any atom is -0.379 e. The normalized spacial score (nSPS) is 10.7. The van der Waals surface area contributed by atoms with Crippen LogP contribution in [0.15, 0.2) is 41.9 Å². The zero-order valence-electron chi connectivity index (χ0n) is 10.1. The molecular weight excluding hydrogens is 242 g/mol. The number of anilines is 1. The van der Waals surface area contributed by atoms with Crippen LogP contribution in [0.1, 0.15) is 10.7 Å². The second kappa shape index (κ2) is 4.74. The van der Waals surface area contributed by atoms with Gasteiger partial charge in [0.25, 0.3) is 0 Å². The number of aryl methyl sites for hydroxylation is 1. The molecule has 18 heavy (non-hydrogen) atoms. The molecule has 0 aliphatic carbocycles. The van der Waals surface area contributed by atoms with Crippen molar-refractivity contribution in [2.45, 2.75) is 13.5 Å². The van der Waals surface area contributed by atoms with Crippen molar-refractivity contribution in [3.8, 4) is 0 Å². The van der Waals surface area contributed by atoms with Gasteiger partial charge in [-0.15, -0.1) is 11.3 Å². The summed E-state index contributed by atoms with van der Waals surface area (Å²) >= 11 is 1.68. The first kappa shape index (κ1) is 11.2. The third-order valence-electron chi connectivity index (χ3n) is 2.74. The Morgan fingerprint density at radius 2 is 2.22 bits per heavy atom. The summed E-state index contributed by atoms with van der Waals surface area (Å²) in [5, 5.41) is 7.73. The highest BCUT2D eigenvalue weighted by Gasteiger charge is 1.99. The molecule has 0 saturated heterocycles. The molecule has 1 aromatic carbocycles. The van der Waals surface area contributed by atoms with Gasteiger partial charge in [0, 0.05) is 22.7 Å². The average molecular weight is 255 g/mol. The van der Waals surface area contributed by atoms with Gasteiger partial charge in [0.1, 0.15) is 0 Å². The largest absolute Gasteiger partial charge is 0.379 e. The standard InChI is InChI=1S/C14H13N3S/c1-10-17-13(9-18-10)8-16-12-4-5-14-11(7-12)3-2-6-15-14/h2-7,9,16H,8H2,1H3. The summed E-state index contributed by atoms with van der Waals surface area (Å²) in [6.45, 7) is 2.78. The molecule has 0 atom stereocenters. The van der Waals surface area contributed by atoms with Crippen molar-refractivity contribution in [2.24, 2.45) is 0 Å². The Morgan fingerprint density at radius 3 is 3.06 bits per heavy atom. The van der Waals surface area contributed by atoms with Crippen LogP contribution >= 0.6 is 11.3 Å². The fraction of sp³-hybridized carbons (Fsp3) is 0.143. The van der Waals surface area contributed by atoms with Gasteiger partial charge in [0.15, 0.2) is 0 Å². The van der Waals surface area contributed by atoms with Gasteiger partial charge in [0.2, 0.25) is 0 Å². The van der Waals surface area contributed by atoms with Crippen molar-refractivity contribution in [1.82, 2.24) is 9.97 Å². The molecule has 0 fully saturated rings. The summed E-state index contributed by atoms with van der Waals surface area (Å²) in [6.07, 6.45) is 1.81. The van der Waals surface area contributed by atoms with Gasteiger partial charge in [0.05, 0.1) is 22.8 Å². The Labute approximate surface area is 110 Å². The van der Waals surface area contributed by atoms with Gasteiger partial charge in [-0.2, -0.15) is 0 Å². The monoisotopic (exact) mass is 255 g/mol. The van der Waals surface area contributed by atoms with Crippen LogP contribution in [0.25, 0.3) is 10.9 Å². The van der Waals surface area contributed by atoms with Gasteiger partial charge in [-0.05, 0) is 31.2 Å². The number of pyridine rings is 1. The Morgan fingerprint density at radius 1 is 1.28 bits per heavy atom. The Kier molecular flexibility index (Phi) is 2.94. The van der Waals surface area contributed by atoms with E-state index in [-0.39, 0.29) is 0 Å². The molecule has 0 unspecified atom stereocenters. The van der Waals surface area contributed by atoms with Crippen LogP contribution in [0.5, 0.6) is 0 Å². The number of hydrogen-bond acceptors (Lipinski definition) is 4. The molecule has 4 heteroatoms. The fourth-order valence-corrected chi connectivity index (χ4v) is 2.48. The van der Waals surface area contributed by atoms with E-state index in [1.807, 2.05) is 25.3 Å². The molecular formula is C14H13N3S. The number of thiazole rings is 1. The van der Waals surface area contributed by atoms with Crippen molar-refractivity contribution in [2.75, 3.05) is 5.32 Å². The molecule has 0 spiro atoms. The van der Waals surface area contributed by atoms with E-state index in [0.717, 1.165) is 33.8 Å². The van der Waals surface area contributed by atoms with Crippen molar-refractivity contribution in [1.29, 1.82) is 0 Å². The van der Waals surface area contributed by atoms with Crippen molar-refractivity contribution in [3.05, 3.63) is 52.6 Å². The summed E-state index contributed by atoms with van der Waals surface area (Å²) in [6, 6.07) is 10.2. The SMILES string of the molecule is Cc1nc(CNc2ccc3ncccc3c2)cs1. The van der Waals surface area contributed by atoms with E-state index >= 15 is 0 Å². The number of fused-ring (bicyclic) bond motifs is 1. The molecule has 3 nitrogen and oxygen atoms in total. The predicted octanol–water partition coefficient (Wildman–Crippen LogP) is 3.61. The quantitative estimate of drug-likeness (QED) is 0.777. The predicted molar refractivity (Wildman–Crippen MR) is 75.9 cm³/mol. The second-order valence-electron chi connectivity index (χ2n) is 4.12. The van der Waals surface area contributed by atoms with E-state index in [1.165, 1.54) is 0 Å². The zero-order chi connectivity index (χ0) is 12.4. The van der Waals surface area contributed by atoms with Crippen molar-refractivity contribution >= 4 is 27.9 Å². The highest BCUT2D eigenvalue weighted by Crippen LogP contribution is 2.18. The van der Waals surface area contributed by atoms with E-state index in [1.54, 1.807) is 11.3 Å². The van der Waals surface area contributed by atoms with Gasteiger partial charge in [-0.25, -0.2) is 4.98 Å². The summed E-state index contributed by atoms with van der Waals surface area (Å²) in [7, 11) is 0. The molecule has 0 aliphatic heterocycles. The van der Waals surface area contributed by atoms with Crippen LogP contribution < -0.4 is 5.32 Å². The molecule has 0 saturated carbocycles. The lowest BCUT2D eigenvalue weighted by Crippen LogP contribution is -1.99. The van der Waals surface area contributed by atoms with Crippen LogP contribution in [-0.2, 0) is 6.54 Å². The average Bonchev–Trinajstić information content (AvgIpc) is 2.82. The number of nitrogens with zero attached hydrogens (tertiary/aromatic N) is 2. The van der Waals surface area contributed by atoms with E-state index < -0.39 is 0 Å². The maximum absolute atomic E-state index is 4.43. The molecule has 0 aliphatic rings. The molecule has 0 amide bonds. The summed E-state index contributed by atoms with van der Waals surface area (Å²) in [5.74, 6) is 0. The van der Waals surface area contributed by atoms with E-state index in [9.17, 15) is 0 Å². The van der Waals surface area contributed by atoms with E-state index in [4.69, 9.17) is 0 Å². The maximum Gasteiger partial charge on any atom is 0.0898 e. The third kappa shape index (κ3) is 2.33. The lowest BCUT2D eigenvalue weighted by Gasteiger charge is -2.05. The molecule has 0 radical (unpaired) electrons. The highest BCUT2D eigenvalue weighted by molar-refractivity contribution is 7.09. The first-order valence-electron chi connectivity index (χ1n) is 5.81. The third-order valence-corrected chi connectivity index (χ3v) is 3.57. The van der Waals surface area contributed by atoms with Gasteiger partial charge >= 0.3 is 0 Å². The Bertz CT molecular complexity index is 675. The number of nitrogens with one attached hydrogen (secondary N) is 1. The van der Waals surface area contributed by atoms with Crippen LogP contribution in [0.4, 0.5) is 5.69 Å². The number of benzene rings is 1. The smallest absolute Gasteiger partial charge is 0.0898 e. The first-order valence-corrected chi connectivity index (χ1v) is 6.69. The van der Waals surface area contributed by atoms with Gasteiger partial charge < -0.3 is 5.32 Å². The van der Waals surface area contributed by atoms with Crippen LogP contribution in [0.3, 0.4) is 0 Å². The maximum atomic E-state index is 4.43. The number of rotatable bonds is 3. The zero-order valence-corrected chi connectivity index (χ0v) is 10.9. The minimum atomic E-state index is 0.760. The lowest BCUT2D eigenvalue weighted by atomic mass is 10.2. The molecule has 3 rings (SSSR count). The summed E-state index contributed by atoms with van der Waals surface area (Å²) in [5.41, 5.74) is 3.21. The van der Waals surface area contributed by atoms with Crippen molar-refractivity contribution < 1.29 is 0 Å². The van der Waals surface area contributed by atoms with E-state index in [2.05, 4.69) is 38.9 Å². The molecule has 1 N–H and O–H groups in total. The van der Waals surface area contributed by atoms with Gasteiger partial charge in [-0.3, -0.25) is 4.98 Å². The topological polar surface area (TPSA) is 37.8 Å². The second-order valence-corrected chi connectivity index (χ2v) is 5.18. The Balaban J connectivity index is 1.78. The molecule has 3 aromatic rings.